The summed E-state index contributed by atoms with van der Waals surface area (Å²) in [4.78, 5) is 16.6. The van der Waals surface area contributed by atoms with Crippen LogP contribution in [0, 0.1) is 0 Å². The van der Waals surface area contributed by atoms with Crippen LogP contribution in [0.1, 0.15) is 33.9 Å². The van der Waals surface area contributed by atoms with Crippen molar-refractivity contribution in [2.75, 3.05) is 6.61 Å². The predicted octanol–water partition coefficient (Wildman–Crippen LogP) is 2.49. The minimum absolute atomic E-state index is 0.325. The Kier molecular flexibility index (Phi) is 4.09. The molecule has 0 aliphatic heterocycles. The quantitative estimate of drug-likeness (QED) is 0.672. The van der Waals surface area contributed by atoms with Crippen molar-refractivity contribution in [1.82, 2.24) is 19.3 Å². The number of nitrogens with zero attached hydrogens (tertiary/aromatic N) is 4. The van der Waals surface area contributed by atoms with Gasteiger partial charge in [-0.15, -0.1) is 0 Å². The maximum Gasteiger partial charge on any atom is 0.359 e. The lowest BCUT2D eigenvalue weighted by Crippen LogP contribution is -2.12. The lowest BCUT2D eigenvalue weighted by atomic mass is 10.2. The topological polar surface area (TPSA) is 61.9 Å². The zero-order chi connectivity index (χ0) is 17.2. The van der Waals surface area contributed by atoms with Gasteiger partial charge >= 0.3 is 5.97 Å². The minimum atomic E-state index is -0.338. The molecule has 2 aromatic heterocycles. The standard InChI is InChI=1S/C19H20N4O2/c1-22-13-20-12-15(22)10-11-25-19(24)18-16-8-5-9-17(16)23(21-18)14-6-3-2-4-7-14/h2-4,6-7,12-13H,5,8-11H2,1H3. The van der Waals surface area contributed by atoms with Gasteiger partial charge in [-0.1, -0.05) is 18.2 Å². The third kappa shape index (κ3) is 2.95. The van der Waals surface area contributed by atoms with E-state index in [0.29, 0.717) is 18.7 Å². The van der Waals surface area contributed by atoms with Crippen molar-refractivity contribution in [3.05, 3.63) is 65.5 Å². The molecule has 1 aliphatic carbocycles. The number of carbonyl (C=O) groups is 1. The minimum Gasteiger partial charge on any atom is -0.460 e. The van der Waals surface area contributed by atoms with Crippen LogP contribution in [-0.4, -0.2) is 31.9 Å². The molecule has 0 radical (unpaired) electrons. The van der Waals surface area contributed by atoms with Gasteiger partial charge in [0.2, 0.25) is 0 Å². The summed E-state index contributed by atoms with van der Waals surface area (Å²) in [5, 5.41) is 4.56. The van der Waals surface area contributed by atoms with Gasteiger partial charge in [0.05, 0.1) is 18.6 Å². The highest BCUT2D eigenvalue weighted by Crippen LogP contribution is 2.28. The number of esters is 1. The molecule has 128 valence electrons. The molecule has 3 aromatic rings. The van der Waals surface area contributed by atoms with E-state index in [2.05, 4.69) is 10.1 Å². The first kappa shape index (κ1) is 15.6. The van der Waals surface area contributed by atoms with Gasteiger partial charge in [0.15, 0.2) is 5.69 Å². The van der Waals surface area contributed by atoms with Crippen LogP contribution in [0.5, 0.6) is 0 Å². The van der Waals surface area contributed by atoms with Crippen LogP contribution < -0.4 is 0 Å². The smallest absolute Gasteiger partial charge is 0.359 e. The number of carbonyl (C=O) groups excluding carboxylic acids is 1. The van der Waals surface area contributed by atoms with E-state index in [4.69, 9.17) is 4.74 Å². The first-order valence-electron chi connectivity index (χ1n) is 8.52. The van der Waals surface area contributed by atoms with E-state index in [1.807, 2.05) is 46.6 Å². The van der Waals surface area contributed by atoms with Gasteiger partial charge in [0.25, 0.3) is 0 Å². The zero-order valence-corrected chi connectivity index (χ0v) is 14.2. The van der Waals surface area contributed by atoms with E-state index >= 15 is 0 Å². The number of rotatable bonds is 5. The number of ether oxygens (including phenoxy) is 1. The molecule has 0 amide bonds. The molecule has 4 rings (SSSR count). The van der Waals surface area contributed by atoms with Crippen LogP contribution in [-0.2, 0) is 31.0 Å². The number of hydrogen-bond acceptors (Lipinski definition) is 4. The van der Waals surface area contributed by atoms with Crippen molar-refractivity contribution >= 4 is 5.97 Å². The largest absolute Gasteiger partial charge is 0.460 e. The molecular formula is C19H20N4O2. The zero-order valence-electron chi connectivity index (χ0n) is 14.2. The van der Waals surface area contributed by atoms with E-state index in [1.165, 1.54) is 0 Å². The fourth-order valence-electron chi connectivity index (χ4n) is 3.33. The summed E-state index contributed by atoms with van der Waals surface area (Å²) in [5.74, 6) is -0.338. The number of aryl methyl sites for hydroxylation is 1. The highest BCUT2D eigenvalue weighted by atomic mass is 16.5. The first-order valence-corrected chi connectivity index (χ1v) is 8.52. The Labute approximate surface area is 146 Å². The summed E-state index contributed by atoms with van der Waals surface area (Å²) in [5.41, 5.74) is 4.64. The van der Waals surface area contributed by atoms with Gasteiger partial charge in [-0.05, 0) is 31.4 Å². The number of benzene rings is 1. The Morgan fingerprint density at radius 1 is 1.24 bits per heavy atom. The molecule has 2 heterocycles. The van der Waals surface area contributed by atoms with Crippen LogP contribution in [0.2, 0.25) is 0 Å². The second-order valence-corrected chi connectivity index (χ2v) is 6.26. The van der Waals surface area contributed by atoms with Crippen LogP contribution in [0.15, 0.2) is 42.9 Å². The second-order valence-electron chi connectivity index (χ2n) is 6.26. The summed E-state index contributed by atoms with van der Waals surface area (Å²) in [7, 11) is 1.93. The lowest BCUT2D eigenvalue weighted by Gasteiger charge is -2.05. The van der Waals surface area contributed by atoms with Crippen molar-refractivity contribution in [3.8, 4) is 5.69 Å². The molecule has 0 saturated heterocycles. The number of aromatic nitrogens is 4. The van der Waals surface area contributed by atoms with Crippen molar-refractivity contribution in [2.45, 2.75) is 25.7 Å². The summed E-state index contributed by atoms with van der Waals surface area (Å²) in [6.07, 6.45) is 7.05. The van der Waals surface area contributed by atoms with Gasteiger partial charge in [0, 0.05) is 36.6 Å². The molecule has 6 heteroatoms. The average Bonchev–Trinajstić information content (AvgIpc) is 3.32. The van der Waals surface area contributed by atoms with Crippen molar-refractivity contribution in [2.24, 2.45) is 7.05 Å². The molecular weight excluding hydrogens is 316 g/mol. The second kappa shape index (κ2) is 6.55. The third-order valence-corrected chi connectivity index (χ3v) is 4.63. The highest BCUT2D eigenvalue weighted by molar-refractivity contribution is 5.89. The fraction of sp³-hybridized carbons (Fsp3) is 0.316. The third-order valence-electron chi connectivity index (χ3n) is 4.63. The molecule has 6 nitrogen and oxygen atoms in total. The Hall–Kier alpha value is -2.89. The van der Waals surface area contributed by atoms with Gasteiger partial charge in [-0.2, -0.15) is 5.10 Å². The summed E-state index contributed by atoms with van der Waals surface area (Å²) < 4.78 is 9.29. The van der Waals surface area contributed by atoms with Crippen LogP contribution in [0.4, 0.5) is 0 Å². The first-order chi connectivity index (χ1) is 12.2. The summed E-state index contributed by atoms with van der Waals surface area (Å²) in [6.45, 7) is 0.325. The van der Waals surface area contributed by atoms with E-state index in [9.17, 15) is 4.79 Å². The SMILES string of the molecule is Cn1cncc1CCOC(=O)c1nn(-c2ccccc2)c2c1CCC2. The molecule has 0 bridgehead atoms. The molecule has 1 aliphatic rings. The van der Waals surface area contributed by atoms with Crippen molar-refractivity contribution < 1.29 is 9.53 Å². The van der Waals surface area contributed by atoms with Crippen molar-refractivity contribution in [1.29, 1.82) is 0 Å². The van der Waals surface area contributed by atoms with Gasteiger partial charge in [0.1, 0.15) is 0 Å². The molecule has 0 spiro atoms. The maximum atomic E-state index is 12.5. The van der Waals surface area contributed by atoms with Gasteiger partial charge in [-0.3, -0.25) is 0 Å². The average molecular weight is 336 g/mol. The van der Waals surface area contributed by atoms with E-state index < -0.39 is 0 Å². The fourth-order valence-corrected chi connectivity index (χ4v) is 3.33. The number of imidazole rings is 1. The lowest BCUT2D eigenvalue weighted by molar-refractivity contribution is 0.0499. The molecule has 0 saturated carbocycles. The summed E-state index contributed by atoms with van der Waals surface area (Å²) >= 11 is 0. The Morgan fingerprint density at radius 2 is 2.08 bits per heavy atom. The molecule has 0 unspecified atom stereocenters. The predicted molar refractivity (Wildman–Crippen MR) is 92.8 cm³/mol. The van der Waals surface area contributed by atoms with E-state index in [1.54, 1.807) is 12.5 Å². The molecule has 0 atom stereocenters. The molecule has 0 N–H and O–H groups in total. The van der Waals surface area contributed by atoms with Crippen LogP contribution in [0.25, 0.3) is 5.69 Å². The monoisotopic (exact) mass is 336 g/mol. The van der Waals surface area contributed by atoms with E-state index in [-0.39, 0.29) is 5.97 Å². The highest BCUT2D eigenvalue weighted by Gasteiger charge is 2.27. The Balaban J connectivity index is 1.52. The van der Waals surface area contributed by atoms with Gasteiger partial charge in [-0.25, -0.2) is 14.5 Å². The van der Waals surface area contributed by atoms with Crippen LogP contribution >= 0.6 is 0 Å². The maximum absolute atomic E-state index is 12.5. The van der Waals surface area contributed by atoms with Crippen LogP contribution in [0.3, 0.4) is 0 Å². The number of fused-ring (bicyclic) bond motifs is 1. The number of para-hydroxylation sites is 1. The van der Waals surface area contributed by atoms with Gasteiger partial charge < -0.3 is 9.30 Å². The molecule has 25 heavy (non-hydrogen) atoms. The molecule has 0 fully saturated rings. The Morgan fingerprint density at radius 3 is 2.84 bits per heavy atom. The molecule has 1 aromatic carbocycles. The Bertz CT molecular complexity index is 896. The van der Waals surface area contributed by atoms with E-state index in [0.717, 1.165) is 41.9 Å². The summed E-state index contributed by atoms with van der Waals surface area (Å²) in [6, 6.07) is 9.93. The number of hydrogen-bond donors (Lipinski definition) is 0. The van der Waals surface area contributed by atoms with Crippen molar-refractivity contribution in [3.63, 3.8) is 0 Å². The normalized spacial score (nSPS) is 13.0.